The fraction of sp³-hybridized carbons (Fsp3) is 0.400. The lowest BCUT2D eigenvalue weighted by molar-refractivity contribution is -0.123. The maximum Gasteiger partial charge on any atom is 0.241 e. The number of amides is 1. The van der Waals surface area contributed by atoms with Crippen molar-refractivity contribution >= 4 is 15.9 Å². The van der Waals surface area contributed by atoms with Crippen LogP contribution in [0.4, 0.5) is 0 Å². The summed E-state index contributed by atoms with van der Waals surface area (Å²) in [6, 6.07) is 9.07. The highest BCUT2D eigenvalue weighted by atomic mass is 32.2. The summed E-state index contributed by atoms with van der Waals surface area (Å²) in [6.45, 7) is 4.72. The standard InChI is InChI=1S/C20H25N3O5S/c1-14(2)19(20(24)22-10-8-15-5-3-4-9-21-15)23-29(25,26)16-6-7-17-18(13-16)28-12-11-27-17/h3-7,9,13-14,19,23H,8,10-12H2,1-2H3,(H,22,24)/t19-/m1/s1. The van der Waals surface area contributed by atoms with Crippen LogP contribution in [0.1, 0.15) is 19.5 Å². The summed E-state index contributed by atoms with van der Waals surface area (Å²) in [7, 11) is -3.92. The van der Waals surface area contributed by atoms with Gasteiger partial charge in [0.1, 0.15) is 19.3 Å². The molecule has 0 saturated heterocycles. The molecule has 1 aromatic heterocycles. The minimum atomic E-state index is -3.92. The maximum atomic E-state index is 12.8. The number of sulfonamides is 1. The van der Waals surface area contributed by atoms with Crippen molar-refractivity contribution in [1.82, 2.24) is 15.0 Å². The van der Waals surface area contributed by atoms with Gasteiger partial charge in [-0.1, -0.05) is 19.9 Å². The molecule has 0 radical (unpaired) electrons. The average Bonchev–Trinajstić information content (AvgIpc) is 2.72. The number of aromatic nitrogens is 1. The zero-order chi connectivity index (χ0) is 20.9. The van der Waals surface area contributed by atoms with Crippen LogP contribution >= 0.6 is 0 Å². The Bertz CT molecular complexity index is 948. The fourth-order valence-corrected chi connectivity index (χ4v) is 4.25. The number of hydrogen-bond donors (Lipinski definition) is 2. The fourth-order valence-electron chi connectivity index (χ4n) is 2.89. The lowest BCUT2D eigenvalue weighted by atomic mass is 10.1. The predicted octanol–water partition coefficient (Wildman–Crippen LogP) is 1.51. The third kappa shape index (κ3) is 5.45. The number of carbonyl (C=O) groups is 1. The van der Waals surface area contributed by atoms with Crippen molar-refractivity contribution in [3.63, 3.8) is 0 Å². The Balaban J connectivity index is 1.66. The van der Waals surface area contributed by atoms with Crippen LogP contribution in [0.25, 0.3) is 0 Å². The number of pyridine rings is 1. The molecule has 8 nitrogen and oxygen atoms in total. The van der Waals surface area contributed by atoms with Crippen LogP contribution in [0.15, 0.2) is 47.5 Å². The molecule has 0 spiro atoms. The van der Waals surface area contributed by atoms with E-state index in [1.165, 1.54) is 12.1 Å². The Labute approximate surface area is 170 Å². The molecule has 1 aliphatic heterocycles. The molecule has 0 bridgehead atoms. The van der Waals surface area contributed by atoms with E-state index in [0.29, 0.717) is 37.7 Å². The Morgan fingerprint density at radius 3 is 2.59 bits per heavy atom. The molecular weight excluding hydrogens is 394 g/mol. The van der Waals surface area contributed by atoms with E-state index in [-0.39, 0.29) is 16.7 Å². The van der Waals surface area contributed by atoms with Crippen LogP contribution in [0, 0.1) is 5.92 Å². The Kier molecular flexibility index (Phi) is 6.71. The first kappa shape index (κ1) is 21.1. The second kappa shape index (κ2) is 9.23. The lowest BCUT2D eigenvalue weighted by Crippen LogP contribution is -2.49. The highest BCUT2D eigenvalue weighted by Gasteiger charge is 2.29. The summed E-state index contributed by atoms with van der Waals surface area (Å²) >= 11 is 0. The van der Waals surface area contributed by atoms with E-state index < -0.39 is 16.1 Å². The van der Waals surface area contributed by atoms with Gasteiger partial charge in [0.15, 0.2) is 11.5 Å². The molecular formula is C20H25N3O5S. The quantitative estimate of drug-likeness (QED) is 0.672. The number of rotatable bonds is 8. The molecule has 9 heteroatoms. The normalized spacial score (nSPS) is 14.4. The molecule has 2 N–H and O–H groups in total. The molecule has 1 atom stereocenters. The highest BCUT2D eigenvalue weighted by Crippen LogP contribution is 2.32. The molecule has 0 saturated carbocycles. The number of nitrogens with one attached hydrogen (secondary N) is 2. The van der Waals surface area contributed by atoms with Gasteiger partial charge >= 0.3 is 0 Å². The second-order valence-electron chi connectivity index (χ2n) is 7.01. The molecule has 1 amide bonds. The molecule has 2 heterocycles. The second-order valence-corrected chi connectivity index (χ2v) is 8.72. The Hall–Kier alpha value is -2.65. The van der Waals surface area contributed by atoms with Gasteiger partial charge < -0.3 is 14.8 Å². The number of nitrogens with zero attached hydrogens (tertiary/aromatic N) is 1. The van der Waals surface area contributed by atoms with E-state index in [0.717, 1.165) is 5.69 Å². The van der Waals surface area contributed by atoms with Crippen molar-refractivity contribution in [2.75, 3.05) is 19.8 Å². The molecule has 1 aliphatic rings. The SMILES string of the molecule is CC(C)[C@@H](NS(=O)(=O)c1ccc2c(c1)OCCO2)C(=O)NCCc1ccccn1. The van der Waals surface area contributed by atoms with Gasteiger partial charge in [0.25, 0.3) is 0 Å². The van der Waals surface area contributed by atoms with Gasteiger partial charge in [-0.25, -0.2) is 8.42 Å². The van der Waals surface area contributed by atoms with Crippen LogP contribution in [0.2, 0.25) is 0 Å². The van der Waals surface area contributed by atoms with Crippen molar-refractivity contribution in [2.24, 2.45) is 5.92 Å². The van der Waals surface area contributed by atoms with Crippen molar-refractivity contribution in [3.05, 3.63) is 48.3 Å². The summed E-state index contributed by atoms with van der Waals surface area (Å²) in [6.07, 6.45) is 2.25. The van der Waals surface area contributed by atoms with Gasteiger partial charge in [0.2, 0.25) is 15.9 Å². The molecule has 2 aromatic rings. The maximum absolute atomic E-state index is 12.8. The van der Waals surface area contributed by atoms with Gasteiger partial charge in [-0.2, -0.15) is 4.72 Å². The first-order valence-corrected chi connectivity index (χ1v) is 10.9. The van der Waals surface area contributed by atoms with Gasteiger partial charge in [0, 0.05) is 30.9 Å². The summed E-state index contributed by atoms with van der Waals surface area (Å²) in [5.74, 6) is 0.261. The van der Waals surface area contributed by atoms with Gasteiger partial charge in [-0.05, 0) is 30.2 Å². The summed E-state index contributed by atoms with van der Waals surface area (Å²) in [5, 5.41) is 2.79. The summed E-state index contributed by atoms with van der Waals surface area (Å²) in [4.78, 5) is 16.8. The molecule has 0 aliphatic carbocycles. The van der Waals surface area contributed by atoms with Crippen LogP contribution in [0.3, 0.4) is 0 Å². The van der Waals surface area contributed by atoms with E-state index in [4.69, 9.17) is 9.47 Å². The van der Waals surface area contributed by atoms with E-state index >= 15 is 0 Å². The lowest BCUT2D eigenvalue weighted by Gasteiger charge is -2.23. The zero-order valence-corrected chi connectivity index (χ0v) is 17.2. The molecule has 156 valence electrons. The molecule has 0 fully saturated rings. The topological polar surface area (TPSA) is 107 Å². The molecule has 3 rings (SSSR count). The highest BCUT2D eigenvalue weighted by molar-refractivity contribution is 7.89. The van der Waals surface area contributed by atoms with Gasteiger partial charge in [0.05, 0.1) is 4.90 Å². The largest absolute Gasteiger partial charge is 0.486 e. The number of fused-ring (bicyclic) bond motifs is 1. The first-order chi connectivity index (χ1) is 13.9. The van der Waals surface area contributed by atoms with Crippen molar-refractivity contribution < 1.29 is 22.7 Å². The average molecular weight is 420 g/mol. The number of hydrogen-bond acceptors (Lipinski definition) is 6. The predicted molar refractivity (Wildman–Crippen MR) is 107 cm³/mol. The van der Waals surface area contributed by atoms with E-state index in [1.54, 1.807) is 26.1 Å². The number of carbonyl (C=O) groups excluding carboxylic acids is 1. The molecule has 29 heavy (non-hydrogen) atoms. The monoisotopic (exact) mass is 419 g/mol. The van der Waals surface area contributed by atoms with Gasteiger partial charge in [-0.15, -0.1) is 0 Å². The molecule has 1 aromatic carbocycles. The van der Waals surface area contributed by atoms with E-state index in [9.17, 15) is 13.2 Å². The van der Waals surface area contributed by atoms with Crippen molar-refractivity contribution in [2.45, 2.75) is 31.2 Å². The van der Waals surface area contributed by atoms with Crippen LogP contribution in [-0.4, -0.2) is 45.1 Å². The van der Waals surface area contributed by atoms with Crippen molar-refractivity contribution in [3.8, 4) is 11.5 Å². The van der Waals surface area contributed by atoms with Crippen LogP contribution in [0.5, 0.6) is 11.5 Å². The Morgan fingerprint density at radius 1 is 1.14 bits per heavy atom. The zero-order valence-electron chi connectivity index (χ0n) is 16.4. The first-order valence-electron chi connectivity index (χ1n) is 9.46. The smallest absolute Gasteiger partial charge is 0.241 e. The summed E-state index contributed by atoms with van der Waals surface area (Å²) < 4.78 is 39.1. The minimum absolute atomic E-state index is 0.0219. The van der Waals surface area contributed by atoms with Crippen LogP contribution < -0.4 is 19.5 Å². The Morgan fingerprint density at radius 2 is 1.90 bits per heavy atom. The third-order valence-corrected chi connectivity index (χ3v) is 5.90. The van der Waals surface area contributed by atoms with Crippen molar-refractivity contribution in [1.29, 1.82) is 0 Å². The number of ether oxygens (including phenoxy) is 2. The van der Waals surface area contributed by atoms with E-state index in [1.807, 2.05) is 18.2 Å². The molecule has 0 unspecified atom stereocenters. The van der Waals surface area contributed by atoms with Gasteiger partial charge in [-0.3, -0.25) is 9.78 Å². The summed E-state index contributed by atoms with van der Waals surface area (Å²) in [5.41, 5.74) is 0.853. The third-order valence-electron chi connectivity index (χ3n) is 4.46. The van der Waals surface area contributed by atoms with Crippen LogP contribution in [-0.2, 0) is 21.2 Å². The minimum Gasteiger partial charge on any atom is -0.486 e. The number of benzene rings is 1. The van der Waals surface area contributed by atoms with E-state index in [2.05, 4.69) is 15.0 Å².